The number of nitrogens with two attached hydrogens (primary N) is 1. The highest BCUT2D eigenvalue weighted by Crippen LogP contribution is 2.33. The van der Waals surface area contributed by atoms with Crippen LogP contribution in [0.3, 0.4) is 0 Å². The standard InChI is InChI=1S/C14H30N2/c1-5-12(3)13(15)11-16-9-7-14(4,6-2)8-10-16/h12-13H,5-11,15H2,1-4H3. The van der Waals surface area contributed by atoms with Gasteiger partial charge in [-0.25, -0.2) is 0 Å². The summed E-state index contributed by atoms with van der Waals surface area (Å²) in [5.74, 6) is 0.652. The first-order valence-electron chi connectivity index (χ1n) is 6.98. The molecule has 1 fully saturated rings. The molecule has 0 amide bonds. The quantitative estimate of drug-likeness (QED) is 0.781. The van der Waals surface area contributed by atoms with Crippen LogP contribution < -0.4 is 5.73 Å². The number of nitrogens with zero attached hydrogens (tertiary/aromatic N) is 1. The molecule has 1 rings (SSSR count). The minimum Gasteiger partial charge on any atom is -0.326 e. The summed E-state index contributed by atoms with van der Waals surface area (Å²) in [5, 5.41) is 0. The second kappa shape index (κ2) is 6.02. The highest BCUT2D eigenvalue weighted by atomic mass is 15.1. The Kier molecular flexibility index (Phi) is 5.26. The molecule has 1 aliphatic rings. The average Bonchev–Trinajstić information content (AvgIpc) is 2.31. The van der Waals surface area contributed by atoms with Gasteiger partial charge in [-0.3, -0.25) is 0 Å². The summed E-state index contributed by atoms with van der Waals surface area (Å²) < 4.78 is 0. The molecule has 0 aromatic carbocycles. The van der Waals surface area contributed by atoms with Crippen molar-refractivity contribution in [3.8, 4) is 0 Å². The molecular weight excluding hydrogens is 196 g/mol. The van der Waals surface area contributed by atoms with E-state index in [0.717, 1.165) is 6.54 Å². The molecule has 0 radical (unpaired) electrons. The first-order valence-corrected chi connectivity index (χ1v) is 6.98. The van der Waals surface area contributed by atoms with E-state index >= 15 is 0 Å². The van der Waals surface area contributed by atoms with Crippen molar-refractivity contribution in [1.29, 1.82) is 0 Å². The first kappa shape index (κ1) is 14.0. The molecule has 0 aliphatic carbocycles. The molecule has 1 saturated heterocycles. The van der Waals surface area contributed by atoms with Gasteiger partial charge in [-0.2, -0.15) is 0 Å². The largest absolute Gasteiger partial charge is 0.326 e. The third-order valence-electron chi connectivity index (χ3n) is 4.76. The number of rotatable bonds is 5. The molecule has 96 valence electrons. The van der Waals surface area contributed by atoms with Crippen molar-refractivity contribution < 1.29 is 0 Å². The molecule has 0 saturated carbocycles. The monoisotopic (exact) mass is 226 g/mol. The maximum absolute atomic E-state index is 6.22. The summed E-state index contributed by atoms with van der Waals surface area (Å²) >= 11 is 0. The molecule has 2 N–H and O–H groups in total. The van der Waals surface area contributed by atoms with Crippen LogP contribution in [0.5, 0.6) is 0 Å². The Labute approximate surface area is 102 Å². The van der Waals surface area contributed by atoms with E-state index in [1.54, 1.807) is 0 Å². The molecule has 1 aliphatic heterocycles. The Morgan fingerprint density at radius 1 is 1.25 bits per heavy atom. The minimum absolute atomic E-state index is 0.357. The van der Waals surface area contributed by atoms with Gasteiger partial charge in [-0.05, 0) is 37.3 Å². The van der Waals surface area contributed by atoms with Gasteiger partial charge in [-0.1, -0.05) is 40.5 Å². The van der Waals surface area contributed by atoms with Crippen LogP contribution in [-0.4, -0.2) is 30.6 Å². The average molecular weight is 226 g/mol. The van der Waals surface area contributed by atoms with Crippen LogP contribution in [0.2, 0.25) is 0 Å². The molecule has 16 heavy (non-hydrogen) atoms. The molecule has 0 aromatic heterocycles. The van der Waals surface area contributed by atoms with Gasteiger partial charge in [0.1, 0.15) is 0 Å². The maximum Gasteiger partial charge on any atom is 0.0193 e. The normalized spacial score (nSPS) is 25.3. The van der Waals surface area contributed by atoms with Gasteiger partial charge in [0.15, 0.2) is 0 Å². The smallest absolute Gasteiger partial charge is 0.0193 e. The second-order valence-corrected chi connectivity index (χ2v) is 6.01. The fourth-order valence-corrected chi connectivity index (χ4v) is 2.41. The number of hydrogen-bond donors (Lipinski definition) is 1. The predicted octanol–water partition coefficient (Wildman–Crippen LogP) is 2.87. The van der Waals surface area contributed by atoms with Crippen molar-refractivity contribution >= 4 is 0 Å². The highest BCUT2D eigenvalue weighted by Gasteiger charge is 2.29. The van der Waals surface area contributed by atoms with E-state index in [4.69, 9.17) is 5.73 Å². The van der Waals surface area contributed by atoms with E-state index in [1.165, 1.54) is 38.8 Å². The fourth-order valence-electron chi connectivity index (χ4n) is 2.41. The van der Waals surface area contributed by atoms with Gasteiger partial charge in [0.25, 0.3) is 0 Å². The SMILES string of the molecule is CCC(C)C(N)CN1CCC(C)(CC)CC1. The molecule has 2 heteroatoms. The van der Waals surface area contributed by atoms with Gasteiger partial charge < -0.3 is 10.6 Å². The van der Waals surface area contributed by atoms with E-state index < -0.39 is 0 Å². The van der Waals surface area contributed by atoms with Crippen molar-refractivity contribution in [3.63, 3.8) is 0 Å². The predicted molar refractivity (Wildman–Crippen MR) is 71.5 cm³/mol. The number of hydrogen-bond acceptors (Lipinski definition) is 2. The zero-order valence-electron chi connectivity index (χ0n) is 11.6. The fraction of sp³-hybridized carbons (Fsp3) is 1.00. The maximum atomic E-state index is 6.22. The Balaban J connectivity index is 2.32. The number of likely N-dealkylation sites (tertiary alicyclic amines) is 1. The molecule has 1 heterocycles. The molecule has 2 nitrogen and oxygen atoms in total. The van der Waals surface area contributed by atoms with E-state index in [9.17, 15) is 0 Å². The van der Waals surface area contributed by atoms with Crippen LogP contribution in [0.25, 0.3) is 0 Å². The summed E-state index contributed by atoms with van der Waals surface area (Å²) in [6.07, 6.45) is 5.20. The van der Waals surface area contributed by atoms with Crippen molar-refractivity contribution in [2.75, 3.05) is 19.6 Å². The summed E-state index contributed by atoms with van der Waals surface area (Å²) in [4.78, 5) is 2.56. The first-order chi connectivity index (χ1) is 7.50. The third-order valence-corrected chi connectivity index (χ3v) is 4.76. The Morgan fingerprint density at radius 3 is 2.25 bits per heavy atom. The summed E-state index contributed by atoms with van der Waals surface area (Å²) in [5.41, 5.74) is 6.81. The zero-order valence-corrected chi connectivity index (χ0v) is 11.6. The highest BCUT2D eigenvalue weighted by molar-refractivity contribution is 4.83. The topological polar surface area (TPSA) is 29.3 Å². The van der Waals surface area contributed by atoms with Gasteiger partial charge >= 0.3 is 0 Å². The van der Waals surface area contributed by atoms with E-state index in [0.29, 0.717) is 17.4 Å². The van der Waals surface area contributed by atoms with Crippen molar-refractivity contribution in [1.82, 2.24) is 4.90 Å². The number of piperidine rings is 1. The second-order valence-electron chi connectivity index (χ2n) is 6.01. The van der Waals surface area contributed by atoms with Crippen molar-refractivity contribution in [2.24, 2.45) is 17.1 Å². The molecule has 0 bridgehead atoms. The molecule has 0 spiro atoms. The Morgan fingerprint density at radius 2 is 1.81 bits per heavy atom. The lowest BCUT2D eigenvalue weighted by atomic mass is 9.78. The molecular formula is C14H30N2. The Hall–Kier alpha value is -0.0800. The summed E-state index contributed by atoms with van der Waals surface area (Å²) in [6, 6.07) is 0.357. The van der Waals surface area contributed by atoms with Crippen molar-refractivity contribution in [3.05, 3.63) is 0 Å². The third kappa shape index (κ3) is 3.74. The lowest BCUT2D eigenvalue weighted by Gasteiger charge is -2.40. The van der Waals surface area contributed by atoms with Gasteiger partial charge in [-0.15, -0.1) is 0 Å². The van der Waals surface area contributed by atoms with Gasteiger partial charge in [0.05, 0.1) is 0 Å². The van der Waals surface area contributed by atoms with Crippen LogP contribution in [0.1, 0.15) is 53.4 Å². The van der Waals surface area contributed by atoms with Crippen LogP contribution in [0, 0.1) is 11.3 Å². The molecule has 0 aromatic rings. The minimum atomic E-state index is 0.357. The van der Waals surface area contributed by atoms with Gasteiger partial charge in [0.2, 0.25) is 0 Å². The summed E-state index contributed by atoms with van der Waals surface area (Å²) in [6.45, 7) is 12.8. The lowest BCUT2D eigenvalue weighted by Crippen LogP contribution is -2.46. The van der Waals surface area contributed by atoms with E-state index in [1.807, 2.05) is 0 Å². The molecule has 2 atom stereocenters. The van der Waals surface area contributed by atoms with Crippen LogP contribution in [0.4, 0.5) is 0 Å². The van der Waals surface area contributed by atoms with Gasteiger partial charge in [0, 0.05) is 12.6 Å². The van der Waals surface area contributed by atoms with E-state index in [2.05, 4.69) is 32.6 Å². The van der Waals surface area contributed by atoms with Crippen LogP contribution in [-0.2, 0) is 0 Å². The lowest BCUT2D eigenvalue weighted by molar-refractivity contribution is 0.104. The summed E-state index contributed by atoms with van der Waals surface area (Å²) in [7, 11) is 0. The Bertz CT molecular complexity index is 195. The molecule has 2 unspecified atom stereocenters. The van der Waals surface area contributed by atoms with Crippen LogP contribution in [0.15, 0.2) is 0 Å². The van der Waals surface area contributed by atoms with Crippen molar-refractivity contribution in [2.45, 2.75) is 59.4 Å². The van der Waals surface area contributed by atoms with Crippen LogP contribution >= 0.6 is 0 Å². The zero-order chi connectivity index (χ0) is 12.2. The van der Waals surface area contributed by atoms with E-state index in [-0.39, 0.29) is 0 Å².